The van der Waals surface area contributed by atoms with E-state index in [1.54, 1.807) is 12.1 Å². The Morgan fingerprint density at radius 1 is 1.15 bits per heavy atom. The van der Waals surface area contributed by atoms with Crippen LogP contribution in [0.4, 0.5) is 0 Å². The fourth-order valence-corrected chi connectivity index (χ4v) is 1.98. The molecule has 1 aliphatic rings. The van der Waals surface area contributed by atoms with Crippen LogP contribution in [-0.4, -0.2) is 64.0 Å². The highest BCUT2D eigenvalue weighted by atomic mass is 16.7. The SMILES string of the molecule is O=Cc1ccccc1O[C@@H]1O[C@H](CO)[C@@H](O)[C@@H](O)[C@@H]1O. The molecule has 5 atom stereocenters. The van der Waals surface area contributed by atoms with Gasteiger partial charge in [-0.25, -0.2) is 0 Å². The molecule has 0 aliphatic carbocycles. The fraction of sp³-hybridized carbons (Fsp3) is 0.462. The van der Waals surface area contributed by atoms with Crippen molar-refractivity contribution in [2.24, 2.45) is 0 Å². The van der Waals surface area contributed by atoms with Crippen LogP contribution in [0.25, 0.3) is 0 Å². The molecule has 20 heavy (non-hydrogen) atoms. The molecule has 7 heteroatoms. The Hall–Kier alpha value is -1.51. The predicted molar refractivity (Wildman–Crippen MR) is 66.2 cm³/mol. The first-order valence-corrected chi connectivity index (χ1v) is 6.10. The van der Waals surface area contributed by atoms with Gasteiger partial charge in [-0.1, -0.05) is 12.1 Å². The van der Waals surface area contributed by atoms with Crippen LogP contribution in [0.1, 0.15) is 10.4 Å². The lowest BCUT2D eigenvalue weighted by Crippen LogP contribution is -2.60. The smallest absolute Gasteiger partial charge is 0.229 e. The van der Waals surface area contributed by atoms with Crippen molar-refractivity contribution >= 4 is 6.29 Å². The number of rotatable bonds is 4. The third-order valence-corrected chi connectivity index (χ3v) is 3.14. The highest BCUT2D eigenvalue weighted by molar-refractivity contribution is 5.79. The van der Waals surface area contributed by atoms with Gasteiger partial charge in [0.1, 0.15) is 30.2 Å². The van der Waals surface area contributed by atoms with Gasteiger partial charge >= 0.3 is 0 Å². The lowest BCUT2D eigenvalue weighted by atomic mass is 9.99. The molecule has 0 radical (unpaired) electrons. The van der Waals surface area contributed by atoms with Crippen LogP contribution in [0, 0.1) is 0 Å². The van der Waals surface area contributed by atoms with E-state index in [1.165, 1.54) is 12.1 Å². The molecule has 0 saturated carbocycles. The van der Waals surface area contributed by atoms with Crippen LogP contribution in [0.15, 0.2) is 24.3 Å². The monoisotopic (exact) mass is 284 g/mol. The summed E-state index contributed by atoms with van der Waals surface area (Å²) in [6, 6.07) is 6.30. The van der Waals surface area contributed by atoms with Gasteiger partial charge in [-0.2, -0.15) is 0 Å². The molecular formula is C13H16O7. The number of carbonyl (C=O) groups is 1. The summed E-state index contributed by atoms with van der Waals surface area (Å²) < 4.78 is 10.5. The average molecular weight is 284 g/mol. The molecule has 0 amide bonds. The Bertz CT molecular complexity index is 462. The Kier molecular flexibility index (Phi) is 4.69. The number of aldehydes is 1. The summed E-state index contributed by atoms with van der Waals surface area (Å²) in [6.07, 6.45) is -6.24. The molecule has 0 spiro atoms. The van der Waals surface area contributed by atoms with E-state index in [4.69, 9.17) is 14.6 Å². The molecule has 0 unspecified atom stereocenters. The van der Waals surface area contributed by atoms with Crippen molar-refractivity contribution in [3.8, 4) is 5.75 Å². The van der Waals surface area contributed by atoms with E-state index in [1.807, 2.05) is 0 Å². The van der Waals surface area contributed by atoms with E-state index < -0.39 is 37.3 Å². The summed E-state index contributed by atoms with van der Waals surface area (Å²) >= 11 is 0. The number of hydrogen-bond donors (Lipinski definition) is 4. The minimum Gasteiger partial charge on any atom is -0.461 e. The van der Waals surface area contributed by atoms with Crippen LogP contribution in [-0.2, 0) is 4.74 Å². The molecule has 1 aromatic rings. The van der Waals surface area contributed by atoms with Crippen molar-refractivity contribution in [3.05, 3.63) is 29.8 Å². The van der Waals surface area contributed by atoms with Gasteiger partial charge in [0.05, 0.1) is 12.2 Å². The Morgan fingerprint density at radius 3 is 2.50 bits per heavy atom. The molecule has 1 fully saturated rings. The van der Waals surface area contributed by atoms with Crippen LogP contribution < -0.4 is 4.74 Å². The Morgan fingerprint density at radius 2 is 1.85 bits per heavy atom. The minimum atomic E-state index is -1.52. The number of aliphatic hydroxyl groups is 4. The van der Waals surface area contributed by atoms with E-state index in [0.717, 1.165) is 0 Å². The molecule has 0 bridgehead atoms. The number of para-hydroxylation sites is 1. The predicted octanol–water partition coefficient (Wildman–Crippen LogP) is -1.32. The Balaban J connectivity index is 2.17. The van der Waals surface area contributed by atoms with Gasteiger partial charge in [0.25, 0.3) is 0 Å². The first kappa shape index (κ1) is 14.9. The van der Waals surface area contributed by atoms with E-state index in [-0.39, 0.29) is 11.3 Å². The van der Waals surface area contributed by atoms with Crippen molar-refractivity contribution in [2.45, 2.75) is 30.7 Å². The summed E-state index contributed by atoms with van der Waals surface area (Å²) in [5.74, 6) is 0.173. The minimum absolute atomic E-state index is 0.173. The Labute approximate surface area is 115 Å². The maximum Gasteiger partial charge on any atom is 0.229 e. The topological polar surface area (TPSA) is 116 Å². The lowest BCUT2D eigenvalue weighted by molar-refractivity contribution is -0.277. The first-order valence-electron chi connectivity index (χ1n) is 6.10. The van der Waals surface area contributed by atoms with Crippen molar-refractivity contribution in [2.75, 3.05) is 6.61 Å². The zero-order chi connectivity index (χ0) is 14.7. The molecule has 2 rings (SSSR count). The average Bonchev–Trinajstić information content (AvgIpc) is 2.48. The summed E-state index contributed by atoms with van der Waals surface area (Å²) in [4.78, 5) is 10.9. The highest BCUT2D eigenvalue weighted by Gasteiger charge is 2.44. The number of aliphatic hydroxyl groups excluding tert-OH is 4. The van der Waals surface area contributed by atoms with Gasteiger partial charge in [-0.05, 0) is 12.1 Å². The molecule has 0 aromatic heterocycles. The van der Waals surface area contributed by atoms with Crippen LogP contribution in [0.3, 0.4) is 0 Å². The van der Waals surface area contributed by atoms with Gasteiger partial charge in [-0.15, -0.1) is 0 Å². The van der Waals surface area contributed by atoms with E-state index in [9.17, 15) is 20.1 Å². The summed E-state index contributed by atoms with van der Waals surface area (Å²) in [5.41, 5.74) is 0.254. The van der Waals surface area contributed by atoms with Crippen molar-refractivity contribution < 1.29 is 34.7 Å². The van der Waals surface area contributed by atoms with E-state index in [0.29, 0.717) is 6.29 Å². The number of carbonyl (C=O) groups excluding carboxylic acids is 1. The maximum atomic E-state index is 10.9. The first-order chi connectivity index (χ1) is 9.58. The van der Waals surface area contributed by atoms with Gasteiger partial charge in [-0.3, -0.25) is 4.79 Å². The van der Waals surface area contributed by atoms with Gasteiger partial charge in [0.2, 0.25) is 6.29 Å². The van der Waals surface area contributed by atoms with Crippen molar-refractivity contribution in [3.63, 3.8) is 0 Å². The molecule has 1 aromatic carbocycles. The summed E-state index contributed by atoms with van der Waals surface area (Å²) in [5, 5.41) is 38.1. The highest BCUT2D eigenvalue weighted by Crippen LogP contribution is 2.25. The molecular weight excluding hydrogens is 268 g/mol. The van der Waals surface area contributed by atoms with Crippen LogP contribution >= 0.6 is 0 Å². The van der Waals surface area contributed by atoms with E-state index in [2.05, 4.69) is 0 Å². The van der Waals surface area contributed by atoms with Gasteiger partial charge in [0, 0.05) is 0 Å². The van der Waals surface area contributed by atoms with Gasteiger partial charge < -0.3 is 29.9 Å². The maximum absolute atomic E-state index is 10.9. The third-order valence-electron chi connectivity index (χ3n) is 3.14. The van der Waals surface area contributed by atoms with Gasteiger partial charge in [0.15, 0.2) is 6.29 Å². The summed E-state index contributed by atoms with van der Waals surface area (Å²) in [7, 11) is 0. The second-order valence-corrected chi connectivity index (χ2v) is 4.47. The number of hydrogen-bond acceptors (Lipinski definition) is 7. The second kappa shape index (κ2) is 6.29. The molecule has 4 N–H and O–H groups in total. The largest absolute Gasteiger partial charge is 0.461 e. The molecule has 1 aliphatic heterocycles. The number of ether oxygens (including phenoxy) is 2. The zero-order valence-corrected chi connectivity index (χ0v) is 10.5. The van der Waals surface area contributed by atoms with Crippen LogP contribution in [0.2, 0.25) is 0 Å². The third kappa shape index (κ3) is 2.82. The lowest BCUT2D eigenvalue weighted by Gasteiger charge is -2.39. The summed E-state index contributed by atoms with van der Waals surface area (Å²) in [6.45, 7) is -0.542. The normalized spacial score (nSPS) is 33.7. The number of benzene rings is 1. The quantitative estimate of drug-likeness (QED) is 0.507. The molecule has 1 heterocycles. The van der Waals surface area contributed by atoms with Crippen molar-refractivity contribution in [1.82, 2.24) is 0 Å². The fourth-order valence-electron chi connectivity index (χ4n) is 1.98. The zero-order valence-electron chi connectivity index (χ0n) is 10.5. The molecule has 1 saturated heterocycles. The second-order valence-electron chi connectivity index (χ2n) is 4.47. The van der Waals surface area contributed by atoms with Crippen molar-refractivity contribution in [1.29, 1.82) is 0 Å². The molecule has 110 valence electrons. The standard InChI is InChI=1S/C13H16O7/c14-5-7-3-1-2-4-8(7)19-13-12(18)11(17)10(16)9(6-15)20-13/h1-5,9-13,15-18H,6H2/t9-,10-,11-,12+,13-/m1/s1. The molecule has 7 nitrogen and oxygen atoms in total. The van der Waals surface area contributed by atoms with E-state index >= 15 is 0 Å². The van der Waals surface area contributed by atoms with Crippen LogP contribution in [0.5, 0.6) is 5.75 Å².